The van der Waals surface area contributed by atoms with Crippen LogP contribution in [-0.4, -0.2) is 49.9 Å². The van der Waals surface area contributed by atoms with Crippen LogP contribution in [0.15, 0.2) is 92.8 Å². The molecule has 10 nitrogen and oxygen atoms in total. The highest BCUT2D eigenvalue weighted by Gasteiger charge is 2.29. The third kappa shape index (κ3) is 7.47. The Morgan fingerprint density at radius 1 is 0.898 bits per heavy atom. The second-order valence-electron chi connectivity index (χ2n) is 11.7. The van der Waals surface area contributed by atoms with Gasteiger partial charge in [-0.1, -0.05) is 37.6 Å². The Kier molecular flexibility index (Phi) is 11.0. The summed E-state index contributed by atoms with van der Waals surface area (Å²) in [4.78, 5) is 29.6. The minimum Gasteiger partial charge on any atom is -0.475 e. The number of benzene rings is 3. The number of hydrogen-bond donors (Lipinski definition) is 1. The fraction of sp³-hybridized carbons (Fsp3) is 0.297. The Morgan fingerprint density at radius 2 is 1.63 bits per heavy atom. The van der Waals surface area contributed by atoms with Gasteiger partial charge in [-0.2, -0.15) is 0 Å². The highest BCUT2D eigenvalue weighted by atomic mass is 35.5. The number of anilines is 2. The molecule has 0 aliphatic heterocycles. The summed E-state index contributed by atoms with van der Waals surface area (Å²) in [5, 5.41) is 10.2. The topological polar surface area (TPSA) is 125 Å². The van der Waals surface area contributed by atoms with E-state index in [9.17, 15) is 23.1 Å². The van der Waals surface area contributed by atoms with Crippen molar-refractivity contribution in [3.05, 3.63) is 112 Å². The van der Waals surface area contributed by atoms with Crippen LogP contribution >= 0.6 is 11.6 Å². The second kappa shape index (κ2) is 15.2. The summed E-state index contributed by atoms with van der Waals surface area (Å²) < 4.78 is 41.3. The summed E-state index contributed by atoms with van der Waals surface area (Å²) in [7, 11) is -4.18. The number of halogens is 1. The first-order chi connectivity index (χ1) is 23.5. The van der Waals surface area contributed by atoms with Gasteiger partial charge < -0.3 is 23.7 Å². The molecule has 258 valence electrons. The zero-order valence-corrected chi connectivity index (χ0v) is 29.6. The molecule has 0 fully saturated rings. The van der Waals surface area contributed by atoms with Crippen LogP contribution in [0, 0.1) is 6.92 Å². The van der Waals surface area contributed by atoms with Gasteiger partial charge in [-0.15, -0.1) is 0 Å². The van der Waals surface area contributed by atoms with Crippen LogP contribution in [0.4, 0.5) is 11.4 Å². The van der Waals surface area contributed by atoms with E-state index in [2.05, 4.69) is 18.7 Å². The first kappa shape index (κ1) is 35.6. The van der Waals surface area contributed by atoms with Gasteiger partial charge in [0.1, 0.15) is 11.3 Å². The molecule has 1 amide bonds. The molecule has 5 rings (SSSR count). The van der Waals surface area contributed by atoms with Crippen molar-refractivity contribution in [3.8, 4) is 0 Å². The van der Waals surface area contributed by atoms with Crippen molar-refractivity contribution in [2.24, 2.45) is 0 Å². The minimum absolute atomic E-state index is 0.0177. The number of sulfonamides is 1. The summed E-state index contributed by atoms with van der Waals surface area (Å²) in [6, 6.07) is 20.3. The van der Waals surface area contributed by atoms with Crippen molar-refractivity contribution in [3.63, 3.8) is 0 Å². The van der Waals surface area contributed by atoms with Crippen molar-refractivity contribution < 1.29 is 31.9 Å². The van der Waals surface area contributed by atoms with Crippen LogP contribution in [0.2, 0.25) is 5.02 Å². The van der Waals surface area contributed by atoms with E-state index in [0.717, 1.165) is 31.6 Å². The first-order valence-corrected chi connectivity index (χ1v) is 18.0. The maximum absolute atomic E-state index is 14.4. The lowest BCUT2D eigenvalue weighted by atomic mass is 10.1. The number of carbonyl (C=O) groups is 2. The van der Waals surface area contributed by atoms with E-state index in [1.807, 2.05) is 12.1 Å². The first-order valence-electron chi connectivity index (χ1n) is 16.2. The molecule has 0 spiro atoms. The molecule has 12 heteroatoms. The standard InChI is InChI=1S/C37H40ClN3O7S/c1-5-18-39(19-6-2)27-14-16-33(41(7-3)49(45,46)29-15-17-34-31(22-29)25(4)35(48-34)37(43)44)26(21-27)23-40(24-28-11-10-20-47-28)36(42)30-12-8-9-13-32(30)38/h8-17,20-22H,5-7,18-19,23-24H2,1-4H3,(H,43,44). The van der Waals surface area contributed by atoms with Crippen molar-refractivity contribution >= 4 is 55.8 Å². The molecule has 0 unspecified atom stereocenters. The van der Waals surface area contributed by atoms with Crippen LogP contribution in [0.3, 0.4) is 0 Å². The lowest BCUT2D eigenvalue weighted by molar-refractivity contribution is 0.0662. The predicted molar refractivity (Wildman–Crippen MR) is 191 cm³/mol. The molecule has 2 aromatic heterocycles. The van der Waals surface area contributed by atoms with Crippen molar-refractivity contribution in [2.75, 3.05) is 28.8 Å². The fourth-order valence-electron chi connectivity index (χ4n) is 6.01. The van der Waals surface area contributed by atoms with Crippen molar-refractivity contribution in [1.82, 2.24) is 4.90 Å². The molecule has 5 aromatic rings. The van der Waals surface area contributed by atoms with E-state index < -0.39 is 16.0 Å². The van der Waals surface area contributed by atoms with Crippen LogP contribution in [-0.2, 0) is 23.1 Å². The number of carbonyl (C=O) groups excluding carboxylic acids is 1. The molecular formula is C37H40ClN3O7S. The molecule has 0 aliphatic carbocycles. The Labute approximate surface area is 291 Å². The number of rotatable bonds is 15. The Morgan fingerprint density at radius 3 is 2.27 bits per heavy atom. The fourth-order valence-corrected chi connectivity index (χ4v) is 7.77. The molecule has 0 bridgehead atoms. The van der Waals surface area contributed by atoms with Crippen molar-refractivity contribution in [1.29, 1.82) is 0 Å². The molecule has 0 radical (unpaired) electrons. The SMILES string of the molecule is CCCN(CCC)c1ccc(N(CC)S(=O)(=O)c2ccc3oc(C(=O)O)c(C)c3c2)c(CN(Cc2ccco2)C(=O)c2ccccc2Cl)c1. The molecule has 3 aromatic carbocycles. The van der Waals surface area contributed by atoms with E-state index in [1.165, 1.54) is 28.8 Å². The number of nitrogens with zero attached hydrogens (tertiary/aromatic N) is 3. The average molecular weight is 706 g/mol. The zero-order valence-electron chi connectivity index (χ0n) is 28.0. The molecule has 0 aliphatic rings. The maximum atomic E-state index is 14.4. The van der Waals surface area contributed by atoms with Gasteiger partial charge in [0, 0.05) is 42.8 Å². The van der Waals surface area contributed by atoms with Gasteiger partial charge in [0.05, 0.1) is 34.0 Å². The van der Waals surface area contributed by atoms with E-state index in [-0.39, 0.29) is 41.8 Å². The number of furan rings is 2. The summed E-state index contributed by atoms with van der Waals surface area (Å²) in [5.74, 6) is -1.25. The monoisotopic (exact) mass is 705 g/mol. The average Bonchev–Trinajstić information content (AvgIpc) is 3.72. The second-order valence-corrected chi connectivity index (χ2v) is 14.0. The van der Waals surface area contributed by atoms with E-state index >= 15 is 0 Å². The summed E-state index contributed by atoms with van der Waals surface area (Å²) in [5.41, 5.74) is 2.87. The molecule has 0 saturated heterocycles. The Balaban J connectivity index is 1.64. The highest BCUT2D eigenvalue weighted by molar-refractivity contribution is 7.92. The molecule has 49 heavy (non-hydrogen) atoms. The lowest BCUT2D eigenvalue weighted by Gasteiger charge is -2.31. The Bertz CT molecular complexity index is 2050. The van der Waals surface area contributed by atoms with E-state index in [1.54, 1.807) is 61.2 Å². The van der Waals surface area contributed by atoms with Gasteiger partial charge >= 0.3 is 5.97 Å². The minimum atomic E-state index is -4.18. The molecule has 0 atom stereocenters. The molecular weight excluding hydrogens is 666 g/mol. The van der Waals surface area contributed by atoms with Crippen molar-refractivity contribution in [2.45, 2.75) is 58.5 Å². The van der Waals surface area contributed by atoms with Crippen LogP contribution in [0.1, 0.15) is 71.4 Å². The highest BCUT2D eigenvalue weighted by Crippen LogP contribution is 2.35. The summed E-state index contributed by atoms with van der Waals surface area (Å²) in [6.45, 7) is 9.41. The smallest absolute Gasteiger partial charge is 0.372 e. The van der Waals surface area contributed by atoms with Gasteiger partial charge in [-0.3, -0.25) is 9.10 Å². The number of amides is 1. The maximum Gasteiger partial charge on any atom is 0.372 e. The van der Waals surface area contributed by atoms with Gasteiger partial charge in [-0.05, 0) is 92.9 Å². The number of aromatic carboxylic acids is 1. The third-order valence-electron chi connectivity index (χ3n) is 8.34. The number of hydrogen-bond acceptors (Lipinski definition) is 7. The molecule has 0 saturated carbocycles. The third-order valence-corrected chi connectivity index (χ3v) is 10.6. The molecule has 1 N–H and O–H groups in total. The number of fused-ring (bicyclic) bond motifs is 1. The van der Waals surface area contributed by atoms with Crippen LogP contribution in [0.25, 0.3) is 11.0 Å². The largest absolute Gasteiger partial charge is 0.475 e. The van der Waals surface area contributed by atoms with E-state index in [4.69, 9.17) is 20.4 Å². The van der Waals surface area contributed by atoms with Crippen LogP contribution in [0.5, 0.6) is 0 Å². The Hall–Kier alpha value is -4.74. The van der Waals surface area contributed by atoms with Gasteiger partial charge in [0.25, 0.3) is 15.9 Å². The predicted octanol–water partition coefficient (Wildman–Crippen LogP) is 8.37. The lowest BCUT2D eigenvalue weighted by Crippen LogP contribution is -2.34. The van der Waals surface area contributed by atoms with Crippen LogP contribution < -0.4 is 9.21 Å². The van der Waals surface area contributed by atoms with Gasteiger partial charge in [-0.25, -0.2) is 13.2 Å². The number of aryl methyl sites for hydroxylation is 1. The summed E-state index contributed by atoms with van der Waals surface area (Å²) in [6.07, 6.45) is 3.37. The number of carboxylic acids is 1. The number of carboxylic acid groups (broad SMARTS) is 1. The normalized spacial score (nSPS) is 11.5. The van der Waals surface area contributed by atoms with E-state index in [0.29, 0.717) is 38.5 Å². The zero-order chi connectivity index (χ0) is 35.3. The summed E-state index contributed by atoms with van der Waals surface area (Å²) >= 11 is 6.48. The molecule has 2 heterocycles. The van der Waals surface area contributed by atoms with Gasteiger partial charge in [0.15, 0.2) is 0 Å². The quantitative estimate of drug-likeness (QED) is 0.115. The van der Waals surface area contributed by atoms with Gasteiger partial charge in [0.2, 0.25) is 5.76 Å².